The van der Waals surface area contributed by atoms with Crippen LogP contribution in [0.25, 0.3) is 16.7 Å². The number of carbonyl (C=O) groups is 1. The molecule has 5 heterocycles. The monoisotopic (exact) mass is 515 g/mol. The Morgan fingerprint density at radius 3 is 2.71 bits per heavy atom. The van der Waals surface area contributed by atoms with E-state index in [2.05, 4.69) is 27.5 Å². The Hall–Kier alpha value is -3.76. The molecule has 1 amide bonds. The molecule has 6 rings (SSSR count). The van der Waals surface area contributed by atoms with Crippen molar-refractivity contribution in [3.05, 3.63) is 77.2 Å². The van der Waals surface area contributed by atoms with E-state index in [4.69, 9.17) is 0 Å². The SMILES string of the molecule is Cn1cc(-n2ccc3c(=O)n(CC4(O)CCN(C(=O)[C@@H]5CCNC[C@H]5c5ccccc5)CC4)cnc32)cn1. The van der Waals surface area contributed by atoms with Gasteiger partial charge in [-0.15, -0.1) is 0 Å². The molecule has 4 aromatic rings. The van der Waals surface area contributed by atoms with Gasteiger partial charge in [0.2, 0.25) is 5.91 Å². The Balaban J connectivity index is 1.15. The van der Waals surface area contributed by atoms with Gasteiger partial charge in [0, 0.05) is 50.9 Å². The lowest BCUT2D eigenvalue weighted by molar-refractivity contribution is -0.141. The second-order valence-corrected chi connectivity index (χ2v) is 10.6. The maximum atomic E-state index is 13.6. The number of nitrogens with one attached hydrogen (secondary N) is 1. The molecular formula is C28H33N7O3. The molecule has 0 spiro atoms. The third-order valence-corrected chi connectivity index (χ3v) is 8.14. The van der Waals surface area contributed by atoms with Gasteiger partial charge in [-0.25, -0.2) is 4.98 Å². The maximum absolute atomic E-state index is 13.6. The van der Waals surface area contributed by atoms with Crippen LogP contribution >= 0.6 is 0 Å². The summed E-state index contributed by atoms with van der Waals surface area (Å²) in [4.78, 5) is 33.3. The quantitative estimate of drug-likeness (QED) is 0.419. The topological polar surface area (TPSA) is 110 Å². The van der Waals surface area contributed by atoms with Gasteiger partial charge in [-0.3, -0.25) is 23.4 Å². The zero-order chi connectivity index (χ0) is 26.3. The van der Waals surface area contributed by atoms with Crippen molar-refractivity contribution < 1.29 is 9.90 Å². The van der Waals surface area contributed by atoms with Gasteiger partial charge in [-0.2, -0.15) is 5.10 Å². The van der Waals surface area contributed by atoms with Gasteiger partial charge >= 0.3 is 0 Å². The fourth-order valence-electron chi connectivity index (χ4n) is 5.97. The molecule has 2 saturated heterocycles. The molecule has 2 fully saturated rings. The molecule has 0 saturated carbocycles. The van der Waals surface area contributed by atoms with E-state index in [9.17, 15) is 14.7 Å². The first-order valence-corrected chi connectivity index (χ1v) is 13.2. The van der Waals surface area contributed by atoms with Crippen LogP contribution in [0, 0.1) is 5.92 Å². The van der Waals surface area contributed by atoms with Gasteiger partial charge in [0.25, 0.3) is 5.56 Å². The second kappa shape index (κ2) is 9.85. The van der Waals surface area contributed by atoms with Gasteiger partial charge in [-0.05, 0) is 37.4 Å². The van der Waals surface area contributed by atoms with Crippen LogP contribution in [0.3, 0.4) is 0 Å². The third kappa shape index (κ3) is 4.54. The minimum atomic E-state index is -1.07. The Morgan fingerprint density at radius 2 is 1.97 bits per heavy atom. The molecule has 1 aromatic carbocycles. The molecule has 0 bridgehead atoms. The van der Waals surface area contributed by atoms with Crippen LogP contribution in [0.2, 0.25) is 0 Å². The van der Waals surface area contributed by atoms with E-state index in [1.807, 2.05) is 47.1 Å². The standard InChI is InChI=1S/C28H33N7O3/c1-32-17-21(15-31-32)35-12-8-23-25(35)30-19-34(27(23)37)18-28(38)9-13-33(14-10-28)26(36)22-7-11-29-16-24(22)20-5-3-2-4-6-20/h2-6,8,12,15,17,19,22,24,29,38H,7,9-11,13-14,16,18H2,1H3/t22-,24+/m1/s1. The number of fused-ring (bicyclic) bond motifs is 1. The number of aromatic nitrogens is 5. The average molecular weight is 516 g/mol. The van der Waals surface area contributed by atoms with E-state index in [1.165, 1.54) is 16.5 Å². The summed E-state index contributed by atoms with van der Waals surface area (Å²) < 4.78 is 5.02. The van der Waals surface area contributed by atoms with Crippen molar-refractivity contribution >= 4 is 16.9 Å². The molecule has 0 unspecified atom stereocenters. The van der Waals surface area contributed by atoms with Gasteiger partial charge in [0.05, 0.1) is 29.4 Å². The number of piperidine rings is 2. The molecule has 10 heteroatoms. The largest absolute Gasteiger partial charge is 0.388 e. The molecule has 0 radical (unpaired) electrons. The molecule has 0 aliphatic carbocycles. The van der Waals surface area contributed by atoms with Gasteiger partial charge in [0.1, 0.15) is 6.33 Å². The second-order valence-electron chi connectivity index (χ2n) is 10.6. The minimum Gasteiger partial charge on any atom is -0.388 e. The lowest BCUT2D eigenvalue weighted by Crippen LogP contribution is -2.52. The van der Waals surface area contributed by atoms with Crippen LogP contribution in [0.15, 0.2) is 66.1 Å². The highest BCUT2D eigenvalue weighted by atomic mass is 16.3. The Kier molecular flexibility index (Phi) is 6.37. The van der Waals surface area contributed by atoms with Crippen LogP contribution in [-0.2, 0) is 18.4 Å². The highest BCUT2D eigenvalue weighted by Gasteiger charge is 2.39. The zero-order valence-corrected chi connectivity index (χ0v) is 21.5. The van der Waals surface area contributed by atoms with Crippen molar-refractivity contribution in [2.24, 2.45) is 13.0 Å². The van der Waals surface area contributed by atoms with Crippen LogP contribution in [0.1, 0.15) is 30.7 Å². The fourth-order valence-corrected chi connectivity index (χ4v) is 5.97. The smallest absolute Gasteiger partial charge is 0.262 e. The van der Waals surface area contributed by atoms with E-state index in [-0.39, 0.29) is 29.8 Å². The summed E-state index contributed by atoms with van der Waals surface area (Å²) in [5.74, 6) is 0.246. The molecular weight excluding hydrogens is 482 g/mol. The molecule has 10 nitrogen and oxygen atoms in total. The summed E-state index contributed by atoms with van der Waals surface area (Å²) >= 11 is 0. The Morgan fingerprint density at radius 1 is 1.18 bits per heavy atom. The van der Waals surface area contributed by atoms with Gasteiger partial charge < -0.3 is 15.3 Å². The van der Waals surface area contributed by atoms with Gasteiger partial charge in [0.15, 0.2) is 5.65 Å². The number of nitrogens with zero attached hydrogens (tertiary/aromatic N) is 6. The first kappa shape index (κ1) is 24.6. The first-order valence-electron chi connectivity index (χ1n) is 13.2. The molecule has 198 valence electrons. The maximum Gasteiger partial charge on any atom is 0.262 e. The van der Waals surface area contributed by atoms with Crippen molar-refractivity contribution in [2.75, 3.05) is 26.2 Å². The highest BCUT2D eigenvalue weighted by molar-refractivity contribution is 5.80. The van der Waals surface area contributed by atoms with Crippen molar-refractivity contribution in [1.82, 2.24) is 34.1 Å². The van der Waals surface area contributed by atoms with E-state index in [0.29, 0.717) is 37.0 Å². The van der Waals surface area contributed by atoms with E-state index < -0.39 is 5.60 Å². The van der Waals surface area contributed by atoms with Crippen LogP contribution < -0.4 is 10.9 Å². The number of hydrogen-bond acceptors (Lipinski definition) is 6. The van der Waals surface area contributed by atoms with Crippen LogP contribution in [0.5, 0.6) is 0 Å². The molecule has 2 atom stereocenters. The molecule has 2 aliphatic rings. The molecule has 2 aliphatic heterocycles. The normalized spacial score (nSPS) is 21.6. The van der Waals surface area contributed by atoms with Crippen molar-refractivity contribution in [3.8, 4) is 5.69 Å². The predicted molar refractivity (Wildman–Crippen MR) is 143 cm³/mol. The number of benzene rings is 1. The van der Waals surface area contributed by atoms with Crippen molar-refractivity contribution in [2.45, 2.75) is 37.3 Å². The number of likely N-dealkylation sites (tertiary alicyclic amines) is 1. The van der Waals surface area contributed by atoms with E-state index in [1.54, 1.807) is 16.9 Å². The fraction of sp³-hybridized carbons (Fsp3) is 0.429. The third-order valence-electron chi connectivity index (χ3n) is 8.14. The number of carbonyl (C=O) groups excluding carboxylic acids is 1. The molecule has 38 heavy (non-hydrogen) atoms. The number of aliphatic hydroxyl groups is 1. The lowest BCUT2D eigenvalue weighted by atomic mass is 9.80. The van der Waals surface area contributed by atoms with Crippen LogP contribution in [-0.4, -0.2) is 71.6 Å². The van der Waals surface area contributed by atoms with E-state index in [0.717, 1.165) is 25.2 Å². The Labute approximate surface area is 220 Å². The minimum absolute atomic E-state index is 0.0667. The summed E-state index contributed by atoms with van der Waals surface area (Å²) in [5, 5.41) is 19.5. The zero-order valence-electron chi connectivity index (χ0n) is 21.5. The number of aryl methyl sites for hydroxylation is 1. The van der Waals surface area contributed by atoms with E-state index >= 15 is 0 Å². The van der Waals surface area contributed by atoms with Crippen LogP contribution in [0.4, 0.5) is 0 Å². The lowest BCUT2D eigenvalue weighted by Gasteiger charge is -2.41. The van der Waals surface area contributed by atoms with Crippen molar-refractivity contribution in [3.63, 3.8) is 0 Å². The number of amides is 1. The molecule has 3 aromatic heterocycles. The van der Waals surface area contributed by atoms with Crippen molar-refractivity contribution in [1.29, 1.82) is 0 Å². The van der Waals surface area contributed by atoms with Gasteiger partial charge in [-0.1, -0.05) is 30.3 Å². The summed E-state index contributed by atoms with van der Waals surface area (Å²) in [6.45, 7) is 2.72. The average Bonchev–Trinajstić information content (AvgIpc) is 3.57. The summed E-state index contributed by atoms with van der Waals surface area (Å²) in [6.07, 6.45) is 8.53. The number of hydrogen-bond donors (Lipinski definition) is 2. The summed E-state index contributed by atoms with van der Waals surface area (Å²) in [7, 11) is 1.84. The highest BCUT2D eigenvalue weighted by Crippen LogP contribution is 2.33. The molecule has 2 N–H and O–H groups in total. The predicted octanol–water partition coefficient (Wildman–Crippen LogP) is 1.67. The summed E-state index contributed by atoms with van der Waals surface area (Å²) in [6, 6.07) is 12.0. The first-order chi connectivity index (χ1) is 18.4. The Bertz CT molecular complexity index is 1500. The summed E-state index contributed by atoms with van der Waals surface area (Å²) in [5.41, 5.74) is 1.30. The number of rotatable bonds is 5.